The Kier molecular flexibility index (Phi) is 7.69. The van der Waals surface area contributed by atoms with Gasteiger partial charge in [0.25, 0.3) is 5.56 Å². The molecule has 6 aromatic rings. The lowest BCUT2D eigenvalue weighted by atomic mass is 10.2. The standard InChI is InChI=1S/C32H23BrClN3O5/c1-39-26-8-5-9-27-24(26)16-29(42-27)31-36-25-7-4-3-6-23(25)32(38)37(31)35-17-20-14-22(34)15-28(40-2)30(20)41-18-19-10-12-21(33)13-11-19/h3-17H,18H2,1-2H3. The number of furan rings is 1. The van der Waals surface area contributed by atoms with Crippen LogP contribution in [0.5, 0.6) is 17.2 Å². The molecule has 4 aromatic carbocycles. The first-order valence-electron chi connectivity index (χ1n) is 12.8. The highest BCUT2D eigenvalue weighted by Gasteiger charge is 2.19. The fourth-order valence-electron chi connectivity index (χ4n) is 4.56. The number of halogens is 2. The summed E-state index contributed by atoms with van der Waals surface area (Å²) < 4.78 is 25.5. The topological polar surface area (TPSA) is 88.1 Å². The molecule has 0 aliphatic heterocycles. The lowest BCUT2D eigenvalue weighted by molar-refractivity contribution is 0.284. The van der Waals surface area contributed by atoms with Crippen LogP contribution in [0.1, 0.15) is 11.1 Å². The van der Waals surface area contributed by atoms with E-state index in [9.17, 15) is 4.79 Å². The molecular formula is C32H23BrClN3O5. The van der Waals surface area contributed by atoms with Gasteiger partial charge in [0.2, 0.25) is 5.82 Å². The Balaban J connectivity index is 1.48. The van der Waals surface area contributed by atoms with Crippen molar-refractivity contribution in [1.82, 2.24) is 9.66 Å². The summed E-state index contributed by atoms with van der Waals surface area (Å²) >= 11 is 9.87. The van der Waals surface area contributed by atoms with Crippen molar-refractivity contribution in [3.63, 3.8) is 0 Å². The molecule has 0 bridgehead atoms. The summed E-state index contributed by atoms with van der Waals surface area (Å²) in [5.74, 6) is 2.06. The average molecular weight is 645 g/mol. The molecule has 0 N–H and O–H groups in total. The summed E-state index contributed by atoms with van der Waals surface area (Å²) in [6, 6.07) is 25.5. The van der Waals surface area contributed by atoms with Crippen molar-refractivity contribution in [1.29, 1.82) is 0 Å². The molecule has 6 rings (SSSR count). The van der Waals surface area contributed by atoms with Crippen LogP contribution in [-0.4, -0.2) is 30.1 Å². The molecule has 0 saturated heterocycles. The molecule has 10 heteroatoms. The second kappa shape index (κ2) is 11.7. The SMILES string of the molecule is COc1cc(Cl)cc(C=Nn2c(-c3cc4c(OC)cccc4o3)nc3ccccc3c2=O)c1OCc1ccc(Br)cc1. The average Bonchev–Trinajstić information content (AvgIpc) is 3.45. The lowest BCUT2D eigenvalue weighted by Gasteiger charge is -2.14. The van der Waals surface area contributed by atoms with Gasteiger partial charge in [0.1, 0.15) is 17.9 Å². The largest absolute Gasteiger partial charge is 0.496 e. The maximum atomic E-state index is 13.8. The smallest absolute Gasteiger partial charge is 0.282 e. The van der Waals surface area contributed by atoms with E-state index in [-0.39, 0.29) is 18.0 Å². The third-order valence-corrected chi connectivity index (χ3v) is 7.34. The summed E-state index contributed by atoms with van der Waals surface area (Å²) in [6.45, 7) is 0.273. The maximum absolute atomic E-state index is 13.8. The molecule has 0 saturated carbocycles. The van der Waals surface area contributed by atoms with Gasteiger partial charge in [-0.3, -0.25) is 4.79 Å². The molecule has 0 atom stereocenters. The first-order valence-corrected chi connectivity index (χ1v) is 14.0. The Morgan fingerprint density at radius 2 is 1.74 bits per heavy atom. The summed E-state index contributed by atoms with van der Waals surface area (Å²) in [4.78, 5) is 18.5. The zero-order chi connectivity index (χ0) is 29.2. The van der Waals surface area contributed by atoms with Crippen molar-refractivity contribution >= 4 is 55.6 Å². The normalized spacial score (nSPS) is 11.4. The minimum atomic E-state index is -0.370. The number of methoxy groups -OCH3 is 2. The second-order valence-corrected chi connectivity index (χ2v) is 10.6. The minimum absolute atomic E-state index is 0.222. The summed E-state index contributed by atoms with van der Waals surface area (Å²) in [5.41, 5.74) is 2.19. The highest BCUT2D eigenvalue weighted by atomic mass is 79.9. The number of benzene rings is 4. The number of hydrogen-bond acceptors (Lipinski definition) is 7. The molecule has 0 spiro atoms. The van der Waals surface area contributed by atoms with E-state index in [4.69, 9.17) is 35.2 Å². The number of hydrogen-bond donors (Lipinski definition) is 0. The van der Waals surface area contributed by atoms with E-state index in [0.717, 1.165) is 15.4 Å². The Labute approximate surface area is 253 Å². The molecule has 0 aliphatic rings. The van der Waals surface area contributed by atoms with Crippen LogP contribution >= 0.6 is 27.5 Å². The van der Waals surface area contributed by atoms with Gasteiger partial charge < -0.3 is 18.6 Å². The molecule has 8 nitrogen and oxygen atoms in total. The van der Waals surface area contributed by atoms with Crippen LogP contribution in [0.3, 0.4) is 0 Å². The number of aromatic nitrogens is 2. The molecular weight excluding hydrogens is 622 g/mol. The van der Waals surface area contributed by atoms with Gasteiger partial charge >= 0.3 is 0 Å². The Morgan fingerprint density at radius 3 is 2.52 bits per heavy atom. The van der Waals surface area contributed by atoms with Crippen LogP contribution in [0.2, 0.25) is 5.02 Å². The van der Waals surface area contributed by atoms with Gasteiger partial charge in [-0.1, -0.05) is 57.9 Å². The van der Waals surface area contributed by atoms with E-state index < -0.39 is 0 Å². The van der Waals surface area contributed by atoms with Crippen molar-refractivity contribution in [3.05, 3.63) is 116 Å². The molecule has 0 aliphatic carbocycles. The van der Waals surface area contributed by atoms with Crippen LogP contribution in [0.15, 0.2) is 104 Å². The predicted octanol–water partition coefficient (Wildman–Crippen LogP) is 7.70. The van der Waals surface area contributed by atoms with Gasteiger partial charge in [0.15, 0.2) is 17.3 Å². The van der Waals surface area contributed by atoms with Gasteiger partial charge in [-0.2, -0.15) is 9.78 Å². The first kappa shape index (κ1) is 27.6. The van der Waals surface area contributed by atoms with Crippen molar-refractivity contribution in [2.45, 2.75) is 6.61 Å². The van der Waals surface area contributed by atoms with Gasteiger partial charge in [-0.05, 0) is 54.1 Å². The summed E-state index contributed by atoms with van der Waals surface area (Å²) in [7, 11) is 3.12. The Morgan fingerprint density at radius 1 is 0.952 bits per heavy atom. The van der Waals surface area contributed by atoms with Gasteiger partial charge in [0.05, 0.1) is 36.7 Å². The van der Waals surface area contributed by atoms with E-state index in [0.29, 0.717) is 50.1 Å². The number of nitrogens with zero attached hydrogens (tertiary/aromatic N) is 3. The quantitative estimate of drug-likeness (QED) is 0.158. The highest BCUT2D eigenvalue weighted by Crippen LogP contribution is 2.35. The minimum Gasteiger partial charge on any atom is -0.496 e. The van der Waals surface area contributed by atoms with Crippen molar-refractivity contribution in [3.8, 4) is 28.8 Å². The van der Waals surface area contributed by atoms with Crippen LogP contribution < -0.4 is 19.8 Å². The summed E-state index contributed by atoms with van der Waals surface area (Å²) in [6.07, 6.45) is 1.50. The molecule has 42 heavy (non-hydrogen) atoms. The molecule has 0 amide bonds. The monoisotopic (exact) mass is 643 g/mol. The third kappa shape index (κ3) is 5.36. The van der Waals surface area contributed by atoms with Crippen LogP contribution in [0.4, 0.5) is 0 Å². The molecule has 2 heterocycles. The molecule has 0 radical (unpaired) electrons. The molecule has 0 unspecified atom stereocenters. The van der Waals surface area contributed by atoms with Crippen molar-refractivity contribution in [2.24, 2.45) is 5.10 Å². The Hall–Kier alpha value is -4.60. The summed E-state index contributed by atoms with van der Waals surface area (Å²) in [5, 5.41) is 6.15. The van der Waals surface area contributed by atoms with Crippen molar-refractivity contribution < 1.29 is 18.6 Å². The Bertz CT molecular complexity index is 2020. The first-order chi connectivity index (χ1) is 20.4. The third-order valence-electron chi connectivity index (χ3n) is 6.59. The predicted molar refractivity (Wildman–Crippen MR) is 167 cm³/mol. The van der Waals surface area contributed by atoms with E-state index in [1.165, 1.54) is 18.0 Å². The maximum Gasteiger partial charge on any atom is 0.282 e. The van der Waals surface area contributed by atoms with E-state index in [1.54, 1.807) is 43.5 Å². The van der Waals surface area contributed by atoms with Crippen molar-refractivity contribution in [2.75, 3.05) is 14.2 Å². The van der Waals surface area contributed by atoms with Crippen LogP contribution in [0.25, 0.3) is 33.5 Å². The van der Waals surface area contributed by atoms with Gasteiger partial charge in [-0.25, -0.2) is 4.98 Å². The van der Waals surface area contributed by atoms with Crippen LogP contribution in [0, 0.1) is 0 Å². The molecule has 210 valence electrons. The van der Waals surface area contributed by atoms with E-state index in [1.807, 2.05) is 48.5 Å². The highest BCUT2D eigenvalue weighted by molar-refractivity contribution is 9.10. The second-order valence-electron chi connectivity index (χ2n) is 9.24. The zero-order valence-corrected chi connectivity index (χ0v) is 24.8. The van der Waals surface area contributed by atoms with E-state index >= 15 is 0 Å². The van der Waals surface area contributed by atoms with Gasteiger partial charge in [0, 0.05) is 21.1 Å². The fourth-order valence-corrected chi connectivity index (χ4v) is 5.04. The number of para-hydroxylation sites is 1. The zero-order valence-electron chi connectivity index (χ0n) is 22.5. The molecule has 2 aromatic heterocycles. The fraction of sp³-hybridized carbons (Fsp3) is 0.0938. The van der Waals surface area contributed by atoms with Crippen LogP contribution in [-0.2, 0) is 6.61 Å². The van der Waals surface area contributed by atoms with Gasteiger partial charge in [-0.15, -0.1) is 0 Å². The van der Waals surface area contributed by atoms with E-state index in [2.05, 4.69) is 21.0 Å². The number of fused-ring (bicyclic) bond motifs is 2. The molecule has 0 fully saturated rings. The number of rotatable bonds is 8. The number of ether oxygens (including phenoxy) is 3. The lowest BCUT2D eigenvalue weighted by Crippen LogP contribution is -2.20.